The van der Waals surface area contributed by atoms with Gasteiger partial charge in [0.05, 0.1) is 30.5 Å². The molecule has 4 aromatic rings. The summed E-state index contributed by atoms with van der Waals surface area (Å²) in [6.07, 6.45) is 4.97. The molecule has 5 rings (SSSR count). The van der Waals surface area contributed by atoms with Crippen LogP contribution < -0.4 is 18.9 Å². The second kappa shape index (κ2) is 13.3. The molecule has 1 atom stereocenters. The fourth-order valence-corrected chi connectivity index (χ4v) is 6.43. The van der Waals surface area contributed by atoms with Gasteiger partial charge in [0.15, 0.2) is 23.1 Å². The van der Waals surface area contributed by atoms with Gasteiger partial charge in [-0.25, -0.2) is 12.8 Å². The largest absolute Gasteiger partial charge is 0.493 e. The summed E-state index contributed by atoms with van der Waals surface area (Å²) < 4.78 is 60.6. The Kier molecular flexibility index (Phi) is 9.28. The van der Waals surface area contributed by atoms with Crippen LogP contribution in [0.4, 0.5) is 10.1 Å². The summed E-state index contributed by atoms with van der Waals surface area (Å²) >= 11 is 0. The number of piperidine rings is 1. The van der Waals surface area contributed by atoms with E-state index in [1.165, 1.54) is 43.2 Å². The van der Waals surface area contributed by atoms with Gasteiger partial charge in [0.1, 0.15) is 16.7 Å². The number of halogens is 1. The molecule has 224 valence electrons. The maximum absolute atomic E-state index is 15.1. The van der Waals surface area contributed by atoms with Gasteiger partial charge in [-0.3, -0.25) is 9.71 Å². The number of rotatable bonds is 11. The van der Waals surface area contributed by atoms with Crippen LogP contribution in [0.15, 0.2) is 71.8 Å². The highest BCUT2D eigenvalue weighted by atomic mass is 32.2. The Morgan fingerprint density at radius 3 is 2.70 bits per heavy atom. The molecule has 1 aromatic heterocycles. The quantitative estimate of drug-likeness (QED) is 0.197. The molecule has 0 radical (unpaired) electrons. The van der Waals surface area contributed by atoms with Gasteiger partial charge in [0, 0.05) is 36.8 Å². The Hall–Kier alpha value is -4.40. The van der Waals surface area contributed by atoms with E-state index in [0.29, 0.717) is 34.8 Å². The van der Waals surface area contributed by atoms with Crippen molar-refractivity contribution in [2.45, 2.75) is 31.1 Å². The first-order chi connectivity index (χ1) is 20.8. The zero-order chi connectivity index (χ0) is 30.4. The summed E-state index contributed by atoms with van der Waals surface area (Å²) in [7, 11) is -2.57. The zero-order valence-corrected chi connectivity index (χ0v) is 24.9. The Balaban J connectivity index is 1.29. The van der Waals surface area contributed by atoms with Crippen LogP contribution in [0.1, 0.15) is 31.7 Å². The predicted octanol–water partition coefficient (Wildman–Crippen LogP) is 6.35. The van der Waals surface area contributed by atoms with Gasteiger partial charge in [-0.05, 0) is 68.1 Å². The SMILES string of the molecule is COc1cc2c(Oc3ccc(NS(=O)(=O)c4ccccc4C#N)cc3F)ccnc2cc1OCCCN1CCCC(C)C1. The number of nitrogens with one attached hydrogen (secondary N) is 1. The van der Waals surface area contributed by atoms with Crippen LogP contribution in [0, 0.1) is 23.1 Å². The van der Waals surface area contributed by atoms with E-state index < -0.39 is 15.8 Å². The van der Waals surface area contributed by atoms with E-state index in [1.807, 2.05) is 6.07 Å². The minimum atomic E-state index is -4.12. The number of nitrogens with zero attached hydrogens (tertiary/aromatic N) is 3. The van der Waals surface area contributed by atoms with Crippen molar-refractivity contribution in [3.8, 4) is 29.1 Å². The zero-order valence-electron chi connectivity index (χ0n) is 24.0. The van der Waals surface area contributed by atoms with E-state index in [9.17, 15) is 13.7 Å². The first kappa shape index (κ1) is 30.1. The first-order valence-electron chi connectivity index (χ1n) is 14.1. The van der Waals surface area contributed by atoms with Crippen LogP contribution in [0.3, 0.4) is 0 Å². The van der Waals surface area contributed by atoms with Crippen molar-refractivity contribution < 1.29 is 27.0 Å². The van der Waals surface area contributed by atoms with Gasteiger partial charge in [-0.15, -0.1) is 0 Å². The molecule has 0 saturated carbocycles. The van der Waals surface area contributed by atoms with Crippen LogP contribution in [-0.4, -0.2) is 51.7 Å². The number of aromatic nitrogens is 1. The van der Waals surface area contributed by atoms with E-state index in [-0.39, 0.29) is 21.9 Å². The summed E-state index contributed by atoms with van der Waals surface area (Å²) in [5.74, 6) is 1.24. The first-order valence-corrected chi connectivity index (χ1v) is 15.6. The number of anilines is 1. The smallest absolute Gasteiger partial charge is 0.263 e. The van der Waals surface area contributed by atoms with Crippen LogP contribution >= 0.6 is 0 Å². The summed E-state index contributed by atoms with van der Waals surface area (Å²) in [6, 6.07) is 16.5. The van der Waals surface area contributed by atoms with Gasteiger partial charge in [0.2, 0.25) is 0 Å². The number of fused-ring (bicyclic) bond motifs is 1. The minimum absolute atomic E-state index is 0.0175. The lowest BCUT2D eigenvalue weighted by molar-refractivity contribution is 0.169. The summed E-state index contributed by atoms with van der Waals surface area (Å²) in [5, 5.41) is 9.84. The molecule has 1 saturated heterocycles. The van der Waals surface area contributed by atoms with Crippen molar-refractivity contribution in [1.29, 1.82) is 5.26 Å². The Bertz CT molecular complexity index is 1760. The topological polar surface area (TPSA) is 114 Å². The molecule has 2 heterocycles. The van der Waals surface area contributed by atoms with E-state index in [1.54, 1.807) is 37.6 Å². The van der Waals surface area contributed by atoms with Crippen molar-refractivity contribution in [2.24, 2.45) is 5.92 Å². The molecule has 3 aromatic carbocycles. The molecule has 9 nitrogen and oxygen atoms in total. The number of methoxy groups -OCH3 is 1. The number of ether oxygens (including phenoxy) is 3. The van der Waals surface area contributed by atoms with Crippen LogP contribution in [-0.2, 0) is 10.0 Å². The Morgan fingerprint density at radius 2 is 1.93 bits per heavy atom. The monoisotopic (exact) mass is 604 g/mol. The molecular formula is C32H33FN4O5S. The third kappa shape index (κ3) is 7.16. The molecule has 1 unspecified atom stereocenters. The molecule has 0 spiro atoms. The highest BCUT2D eigenvalue weighted by Crippen LogP contribution is 2.38. The lowest BCUT2D eigenvalue weighted by Gasteiger charge is -2.30. The van der Waals surface area contributed by atoms with Crippen molar-refractivity contribution in [2.75, 3.05) is 38.1 Å². The number of sulfonamides is 1. The fraction of sp³-hybridized carbons (Fsp3) is 0.312. The van der Waals surface area contributed by atoms with Crippen molar-refractivity contribution in [3.63, 3.8) is 0 Å². The normalized spacial score (nSPS) is 15.5. The van der Waals surface area contributed by atoms with Gasteiger partial charge in [0.25, 0.3) is 10.0 Å². The number of nitriles is 1. The van der Waals surface area contributed by atoms with E-state index in [0.717, 1.165) is 38.0 Å². The van der Waals surface area contributed by atoms with Crippen molar-refractivity contribution >= 4 is 26.6 Å². The highest BCUT2D eigenvalue weighted by Gasteiger charge is 2.20. The number of likely N-dealkylation sites (tertiary alicyclic amines) is 1. The number of hydrogen-bond acceptors (Lipinski definition) is 8. The van der Waals surface area contributed by atoms with E-state index >= 15 is 4.39 Å². The molecule has 43 heavy (non-hydrogen) atoms. The maximum Gasteiger partial charge on any atom is 0.263 e. The van der Waals surface area contributed by atoms with Gasteiger partial charge in [-0.2, -0.15) is 5.26 Å². The lowest BCUT2D eigenvalue weighted by atomic mass is 10.0. The molecule has 11 heteroatoms. The third-order valence-electron chi connectivity index (χ3n) is 7.31. The average Bonchev–Trinajstić information content (AvgIpc) is 3.00. The average molecular weight is 605 g/mol. The molecular weight excluding hydrogens is 571 g/mol. The molecule has 1 fully saturated rings. The second-order valence-corrected chi connectivity index (χ2v) is 12.2. The van der Waals surface area contributed by atoms with Crippen molar-refractivity contribution in [1.82, 2.24) is 9.88 Å². The summed E-state index contributed by atoms with van der Waals surface area (Å²) in [4.78, 5) is 6.71. The lowest BCUT2D eigenvalue weighted by Crippen LogP contribution is -2.35. The fourth-order valence-electron chi connectivity index (χ4n) is 5.22. The second-order valence-electron chi connectivity index (χ2n) is 10.5. The predicted molar refractivity (Wildman–Crippen MR) is 162 cm³/mol. The molecule has 1 aliphatic rings. The summed E-state index contributed by atoms with van der Waals surface area (Å²) in [6.45, 7) is 6.07. The van der Waals surface area contributed by atoms with E-state index in [2.05, 4.69) is 21.5 Å². The number of pyridine rings is 1. The third-order valence-corrected chi connectivity index (χ3v) is 8.74. The molecule has 0 amide bonds. The van der Waals surface area contributed by atoms with E-state index in [4.69, 9.17) is 14.2 Å². The van der Waals surface area contributed by atoms with Crippen LogP contribution in [0.5, 0.6) is 23.0 Å². The molecule has 1 N–H and O–H groups in total. The minimum Gasteiger partial charge on any atom is -0.493 e. The van der Waals surface area contributed by atoms with Gasteiger partial charge >= 0.3 is 0 Å². The van der Waals surface area contributed by atoms with Gasteiger partial charge in [-0.1, -0.05) is 19.1 Å². The molecule has 0 aliphatic carbocycles. The van der Waals surface area contributed by atoms with Crippen LogP contribution in [0.25, 0.3) is 10.9 Å². The Morgan fingerprint density at radius 1 is 1.09 bits per heavy atom. The highest BCUT2D eigenvalue weighted by molar-refractivity contribution is 7.92. The maximum atomic E-state index is 15.1. The molecule has 1 aliphatic heterocycles. The molecule has 0 bridgehead atoms. The van der Waals surface area contributed by atoms with Gasteiger partial charge < -0.3 is 19.1 Å². The van der Waals surface area contributed by atoms with Crippen LogP contribution in [0.2, 0.25) is 0 Å². The standard InChI is InChI=1S/C32H33FN4O5S/c1-22-7-5-14-37(21-22)15-6-16-41-31-19-27-25(18-30(31)40-2)28(12-13-35-27)42-29-11-10-24(17-26(29)33)36-43(38,39)32-9-4-3-8-23(32)20-34/h3-4,8-13,17-19,22,36H,5-7,14-16,21H2,1-2H3. The Labute approximate surface area is 250 Å². The summed E-state index contributed by atoms with van der Waals surface area (Å²) in [5.41, 5.74) is 0.547. The number of hydrogen-bond donors (Lipinski definition) is 1. The number of benzene rings is 3. The van der Waals surface area contributed by atoms with Crippen molar-refractivity contribution in [3.05, 3.63) is 78.2 Å².